The molecule has 2 heterocycles. The highest BCUT2D eigenvalue weighted by Crippen LogP contribution is 2.32. The van der Waals surface area contributed by atoms with E-state index in [0.29, 0.717) is 17.5 Å². The molecule has 0 radical (unpaired) electrons. The number of amides is 1. The molecule has 2 aliphatic heterocycles. The highest BCUT2D eigenvalue weighted by molar-refractivity contribution is 8.13. The first-order valence-electron chi connectivity index (χ1n) is 8.93. The number of para-hydroxylation sites is 1. The number of hydrazone groups is 1. The minimum atomic E-state index is -0.422. The van der Waals surface area contributed by atoms with Gasteiger partial charge in [0.2, 0.25) is 0 Å². The van der Waals surface area contributed by atoms with Crippen molar-refractivity contribution in [1.29, 1.82) is 0 Å². The molecule has 0 fully saturated rings. The highest BCUT2D eigenvalue weighted by Gasteiger charge is 2.34. The van der Waals surface area contributed by atoms with E-state index in [1.807, 2.05) is 62.4 Å². The highest BCUT2D eigenvalue weighted by atomic mass is 32.2. The lowest BCUT2D eigenvalue weighted by Gasteiger charge is -2.34. The largest absolute Gasteiger partial charge is 0.494 e. The van der Waals surface area contributed by atoms with Crippen LogP contribution in [0, 0.1) is 0 Å². The van der Waals surface area contributed by atoms with Crippen molar-refractivity contribution in [1.82, 2.24) is 10.3 Å². The van der Waals surface area contributed by atoms with Gasteiger partial charge in [0.1, 0.15) is 11.4 Å². The van der Waals surface area contributed by atoms with Crippen LogP contribution in [-0.2, 0) is 4.79 Å². The van der Waals surface area contributed by atoms with Crippen LogP contribution in [0.1, 0.15) is 25.6 Å². The summed E-state index contributed by atoms with van der Waals surface area (Å²) in [6.07, 6.45) is -0.422. The van der Waals surface area contributed by atoms with Crippen LogP contribution in [0.5, 0.6) is 5.75 Å². The van der Waals surface area contributed by atoms with Crippen LogP contribution >= 0.6 is 11.8 Å². The van der Waals surface area contributed by atoms with Gasteiger partial charge in [-0.15, -0.1) is 5.10 Å². The zero-order valence-corrected chi connectivity index (χ0v) is 16.0. The Bertz CT molecular complexity index is 1030. The average Bonchev–Trinajstić information content (AvgIpc) is 2.68. The molecule has 2 aliphatic rings. The van der Waals surface area contributed by atoms with Gasteiger partial charge < -0.3 is 4.74 Å². The lowest BCUT2D eigenvalue weighted by molar-refractivity contribution is -0.116. The normalized spacial score (nSPS) is 18.1. The van der Waals surface area contributed by atoms with Gasteiger partial charge in [0.15, 0.2) is 11.3 Å². The lowest BCUT2D eigenvalue weighted by atomic mass is 10.1. The van der Waals surface area contributed by atoms with Crippen molar-refractivity contribution < 1.29 is 9.53 Å². The molecule has 0 unspecified atom stereocenters. The molecule has 138 valence electrons. The van der Waals surface area contributed by atoms with Crippen molar-refractivity contribution in [3.05, 3.63) is 64.7 Å². The molecule has 2 aromatic rings. The van der Waals surface area contributed by atoms with Crippen molar-refractivity contribution >= 4 is 28.5 Å². The minimum Gasteiger partial charge on any atom is -0.494 e. The second kappa shape index (κ2) is 7.44. The fourth-order valence-corrected chi connectivity index (χ4v) is 3.76. The monoisotopic (exact) mass is 380 g/mol. The van der Waals surface area contributed by atoms with E-state index in [0.717, 1.165) is 27.6 Å². The van der Waals surface area contributed by atoms with Gasteiger partial charge >= 0.3 is 0 Å². The molecule has 2 aromatic carbocycles. The SMILES string of the molecule is CCOc1cccc([C@@H]2N=c3ccccc3=C3C(=O)NC(SCC)=NN32)c1. The van der Waals surface area contributed by atoms with Crippen molar-refractivity contribution in [2.75, 3.05) is 12.4 Å². The number of fused-ring (bicyclic) bond motifs is 2. The predicted molar refractivity (Wildman–Crippen MR) is 107 cm³/mol. The zero-order valence-electron chi connectivity index (χ0n) is 15.2. The van der Waals surface area contributed by atoms with E-state index >= 15 is 0 Å². The van der Waals surface area contributed by atoms with Crippen molar-refractivity contribution in [2.24, 2.45) is 10.1 Å². The number of ether oxygens (including phenoxy) is 1. The number of amidine groups is 1. The van der Waals surface area contributed by atoms with Crippen LogP contribution in [0.25, 0.3) is 5.70 Å². The van der Waals surface area contributed by atoms with Gasteiger partial charge in [-0.25, -0.2) is 5.01 Å². The van der Waals surface area contributed by atoms with Gasteiger partial charge in [-0.3, -0.25) is 15.1 Å². The fourth-order valence-electron chi connectivity index (χ4n) is 3.18. The number of benzene rings is 2. The van der Waals surface area contributed by atoms with Crippen molar-refractivity contribution in [3.8, 4) is 5.75 Å². The Labute approximate surface area is 161 Å². The van der Waals surface area contributed by atoms with E-state index in [1.165, 1.54) is 11.8 Å². The maximum Gasteiger partial charge on any atom is 0.276 e. The molecule has 1 atom stereocenters. The summed E-state index contributed by atoms with van der Waals surface area (Å²) in [6.45, 7) is 4.57. The maximum absolute atomic E-state index is 12.9. The van der Waals surface area contributed by atoms with Gasteiger partial charge in [-0.05, 0) is 30.9 Å². The van der Waals surface area contributed by atoms with Crippen molar-refractivity contribution in [2.45, 2.75) is 20.0 Å². The smallest absolute Gasteiger partial charge is 0.276 e. The summed E-state index contributed by atoms with van der Waals surface area (Å²) in [5.74, 6) is 1.44. The standard InChI is InChI=1S/C20H20N4O2S/c1-3-26-14-9-7-8-13(12-14)18-21-16-11-6-5-10-15(16)17-19(25)22-20(27-4-2)23-24(17)18/h5-12,18H,3-4H2,1-2H3,(H,22,23,25)/t18-/m1/s1. The molecule has 0 saturated heterocycles. The summed E-state index contributed by atoms with van der Waals surface area (Å²) < 4.78 is 5.64. The van der Waals surface area contributed by atoms with E-state index in [9.17, 15) is 4.79 Å². The first kappa shape index (κ1) is 17.6. The fraction of sp³-hybridized carbons (Fsp3) is 0.250. The number of rotatable bonds is 4. The Morgan fingerprint density at radius 2 is 2.04 bits per heavy atom. The lowest BCUT2D eigenvalue weighted by Crippen LogP contribution is -2.50. The Morgan fingerprint density at radius 1 is 1.19 bits per heavy atom. The maximum atomic E-state index is 12.9. The van der Waals surface area contributed by atoms with Crippen LogP contribution in [0.15, 0.2) is 58.6 Å². The number of nitrogens with one attached hydrogen (secondary N) is 1. The molecule has 0 spiro atoms. The minimum absolute atomic E-state index is 0.158. The predicted octanol–water partition coefficient (Wildman–Crippen LogP) is 1.98. The molecule has 6 nitrogen and oxygen atoms in total. The number of hydrogen-bond acceptors (Lipinski definition) is 6. The first-order valence-corrected chi connectivity index (χ1v) is 9.91. The molecule has 0 saturated carbocycles. The van der Waals surface area contributed by atoms with E-state index in [2.05, 4.69) is 10.4 Å². The molecular formula is C20H20N4O2S. The van der Waals surface area contributed by atoms with Gasteiger partial charge in [0.05, 0.1) is 12.0 Å². The van der Waals surface area contributed by atoms with E-state index in [-0.39, 0.29) is 5.91 Å². The summed E-state index contributed by atoms with van der Waals surface area (Å²) >= 11 is 1.50. The van der Waals surface area contributed by atoms with Crippen LogP contribution in [0.4, 0.5) is 0 Å². The Morgan fingerprint density at radius 3 is 2.85 bits per heavy atom. The molecule has 7 heteroatoms. The molecular weight excluding hydrogens is 360 g/mol. The molecule has 27 heavy (non-hydrogen) atoms. The van der Waals surface area contributed by atoms with Crippen LogP contribution in [0.2, 0.25) is 0 Å². The zero-order chi connectivity index (χ0) is 18.8. The van der Waals surface area contributed by atoms with E-state index < -0.39 is 6.17 Å². The summed E-state index contributed by atoms with van der Waals surface area (Å²) in [4.78, 5) is 17.8. The topological polar surface area (TPSA) is 66.3 Å². The first-order chi connectivity index (χ1) is 13.2. The third-order valence-electron chi connectivity index (χ3n) is 4.26. The summed E-state index contributed by atoms with van der Waals surface area (Å²) in [5.41, 5.74) is 1.44. The van der Waals surface area contributed by atoms with Gasteiger partial charge in [-0.2, -0.15) is 0 Å². The van der Waals surface area contributed by atoms with Gasteiger partial charge in [0.25, 0.3) is 5.91 Å². The number of carbonyl (C=O) groups is 1. The van der Waals surface area contributed by atoms with Crippen LogP contribution in [0.3, 0.4) is 0 Å². The Hall–Kier alpha value is -2.80. The Kier molecular flexibility index (Phi) is 4.85. The van der Waals surface area contributed by atoms with Gasteiger partial charge in [-0.1, -0.05) is 49.0 Å². The average molecular weight is 380 g/mol. The molecule has 0 aromatic heterocycles. The van der Waals surface area contributed by atoms with Gasteiger partial charge in [0, 0.05) is 10.8 Å². The molecule has 0 aliphatic carbocycles. The van der Waals surface area contributed by atoms with Crippen LogP contribution < -0.4 is 20.6 Å². The molecule has 0 bridgehead atoms. The number of thioether (sulfide) groups is 1. The third kappa shape index (κ3) is 3.30. The summed E-state index contributed by atoms with van der Waals surface area (Å²) in [5, 5.41) is 11.5. The number of hydrogen-bond donors (Lipinski definition) is 1. The number of nitrogens with zero attached hydrogens (tertiary/aromatic N) is 3. The molecule has 4 rings (SSSR count). The second-order valence-corrected chi connectivity index (χ2v) is 7.26. The second-order valence-electron chi connectivity index (χ2n) is 6.01. The quantitative estimate of drug-likeness (QED) is 0.881. The third-order valence-corrected chi connectivity index (χ3v) is 5.01. The Balaban J connectivity index is 1.90. The van der Waals surface area contributed by atoms with E-state index in [1.54, 1.807) is 5.01 Å². The summed E-state index contributed by atoms with van der Waals surface area (Å²) in [6, 6.07) is 15.4. The molecule has 1 N–H and O–H groups in total. The number of carbonyl (C=O) groups excluding carboxylic acids is 1. The van der Waals surface area contributed by atoms with E-state index in [4.69, 9.17) is 9.73 Å². The summed E-state index contributed by atoms with van der Waals surface area (Å²) in [7, 11) is 0. The molecule has 1 amide bonds. The van der Waals surface area contributed by atoms with Crippen LogP contribution in [-0.4, -0.2) is 28.4 Å². The van der Waals surface area contributed by atoms with Crippen molar-refractivity contribution in [3.63, 3.8) is 0 Å².